The molecule has 0 aromatic heterocycles. The highest BCUT2D eigenvalue weighted by Crippen LogP contribution is 2.26. The lowest BCUT2D eigenvalue weighted by molar-refractivity contribution is 0.199. The van der Waals surface area contributed by atoms with Crippen molar-refractivity contribution in [2.24, 2.45) is 11.8 Å². The molecule has 2 nitrogen and oxygen atoms in total. The number of nitrogens with one attached hydrogen (secondary N) is 1. The maximum Gasteiger partial charge on any atom is 0.0431 e. The van der Waals surface area contributed by atoms with Crippen molar-refractivity contribution in [1.29, 1.82) is 0 Å². The molecule has 2 heteroatoms. The third-order valence-corrected chi connectivity index (χ3v) is 3.42. The normalized spacial score (nSPS) is 25.3. The van der Waals surface area contributed by atoms with E-state index in [-0.39, 0.29) is 0 Å². The minimum Gasteiger partial charge on any atom is -0.396 e. The van der Waals surface area contributed by atoms with Gasteiger partial charge in [0.15, 0.2) is 0 Å². The maximum absolute atomic E-state index is 8.87. The molecule has 1 rings (SSSR count). The van der Waals surface area contributed by atoms with Crippen LogP contribution < -0.4 is 5.32 Å². The summed E-state index contributed by atoms with van der Waals surface area (Å²) >= 11 is 0. The van der Waals surface area contributed by atoms with Crippen LogP contribution in [-0.4, -0.2) is 24.3 Å². The summed E-state index contributed by atoms with van der Waals surface area (Å²) in [4.78, 5) is 0. The van der Waals surface area contributed by atoms with E-state index >= 15 is 0 Å². The molecule has 0 aliphatic carbocycles. The number of hydrogen-bond donors (Lipinski definition) is 2. The van der Waals surface area contributed by atoms with Crippen molar-refractivity contribution in [3.63, 3.8) is 0 Å². The molecular weight excluding hydrogens is 174 g/mol. The van der Waals surface area contributed by atoms with Crippen molar-refractivity contribution >= 4 is 0 Å². The SMILES string of the molecule is CC(C)C(CCCO)C1CCCCN1. The highest BCUT2D eigenvalue weighted by molar-refractivity contribution is 4.81. The van der Waals surface area contributed by atoms with Crippen molar-refractivity contribution in [2.75, 3.05) is 13.2 Å². The maximum atomic E-state index is 8.87. The zero-order valence-corrected chi connectivity index (χ0v) is 9.63. The van der Waals surface area contributed by atoms with Crippen LogP contribution in [0.1, 0.15) is 46.0 Å². The summed E-state index contributed by atoms with van der Waals surface area (Å²) in [5.41, 5.74) is 0. The fraction of sp³-hybridized carbons (Fsp3) is 1.00. The van der Waals surface area contributed by atoms with Gasteiger partial charge in [-0.2, -0.15) is 0 Å². The van der Waals surface area contributed by atoms with Gasteiger partial charge < -0.3 is 10.4 Å². The average molecular weight is 199 g/mol. The van der Waals surface area contributed by atoms with Crippen LogP contribution in [-0.2, 0) is 0 Å². The first kappa shape index (κ1) is 12.0. The summed E-state index contributed by atoms with van der Waals surface area (Å²) in [6, 6.07) is 0.704. The van der Waals surface area contributed by atoms with E-state index in [1.54, 1.807) is 0 Å². The third kappa shape index (κ3) is 3.58. The Morgan fingerprint density at radius 3 is 2.64 bits per heavy atom. The van der Waals surface area contributed by atoms with Gasteiger partial charge in [0.1, 0.15) is 0 Å². The molecule has 2 N–H and O–H groups in total. The summed E-state index contributed by atoms with van der Waals surface area (Å²) in [5, 5.41) is 12.5. The van der Waals surface area contributed by atoms with Crippen molar-refractivity contribution in [3.05, 3.63) is 0 Å². The number of rotatable bonds is 5. The lowest BCUT2D eigenvalue weighted by Crippen LogP contribution is -2.42. The molecule has 0 radical (unpaired) electrons. The predicted molar refractivity (Wildman–Crippen MR) is 60.3 cm³/mol. The number of piperidine rings is 1. The van der Waals surface area contributed by atoms with Gasteiger partial charge in [0.25, 0.3) is 0 Å². The molecule has 1 aliphatic rings. The fourth-order valence-corrected chi connectivity index (χ4v) is 2.57. The summed E-state index contributed by atoms with van der Waals surface area (Å²) in [5.74, 6) is 1.49. The van der Waals surface area contributed by atoms with Gasteiger partial charge in [0, 0.05) is 12.6 Å². The number of hydrogen-bond acceptors (Lipinski definition) is 2. The van der Waals surface area contributed by atoms with Gasteiger partial charge in [0.05, 0.1) is 0 Å². The smallest absolute Gasteiger partial charge is 0.0431 e. The molecule has 0 spiro atoms. The Bertz CT molecular complexity index is 141. The van der Waals surface area contributed by atoms with Gasteiger partial charge in [-0.1, -0.05) is 20.3 Å². The predicted octanol–water partition coefficient (Wildman–Crippen LogP) is 2.17. The Morgan fingerprint density at radius 1 is 1.36 bits per heavy atom. The summed E-state index contributed by atoms with van der Waals surface area (Å²) in [6.07, 6.45) is 6.17. The fourth-order valence-electron chi connectivity index (χ4n) is 2.57. The largest absolute Gasteiger partial charge is 0.396 e. The van der Waals surface area contributed by atoms with E-state index in [0.29, 0.717) is 12.6 Å². The molecule has 14 heavy (non-hydrogen) atoms. The number of aliphatic hydroxyl groups is 1. The molecule has 1 heterocycles. The summed E-state index contributed by atoms with van der Waals surface area (Å²) in [6.45, 7) is 6.14. The van der Waals surface area contributed by atoms with Crippen LogP contribution in [0.2, 0.25) is 0 Å². The average Bonchev–Trinajstić information content (AvgIpc) is 2.19. The summed E-state index contributed by atoms with van der Waals surface area (Å²) in [7, 11) is 0. The molecule has 84 valence electrons. The Balaban J connectivity index is 2.39. The first-order valence-electron chi connectivity index (χ1n) is 6.10. The van der Waals surface area contributed by atoms with Gasteiger partial charge in [-0.3, -0.25) is 0 Å². The van der Waals surface area contributed by atoms with E-state index in [1.165, 1.54) is 32.2 Å². The van der Waals surface area contributed by atoms with Crippen molar-refractivity contribution in [3.8, 4) is 0 Å². The van der Waals surface area contributed by atoms with Crippen molar-refractivity contribution < 1.29 is 5.11 Å². The van der Waals surface area contributed by atoms with E-state index < -0.39 is 0 Å². The molecule has 0 aromatic rings. The molecule has 0 aromatic carbocycles. The van der Waals surface area contributed by atoms with E-state index in [2.05, 4.69) is 19.2 Å². The second-order valence-electron chi connectivity index (χ2n) is 4.83. The lowest BCUT2D eigenvalue weighted by Gasteiger charge is -2.34. The third-order valence-electron chi connectivity index (χ3n) is 3.42. The second kappa shape index (κ2) is 6.41. The first-order valence-corrected chi connectivity index (χ1v) is 6.10. The van der Waals surface area contributed by atoms with E-state index in [4.69, 9.17) is 5.11 Å². The minimum absolute atomic E-state index is 0.343. The second-order valence-corrected chi connectivity index (χ2v) is 4.83. The Morgan fingerprint density at radius 2 is 2.14 bits per heavy atom. The molecule has 2 atom stereocenters. The zero-order valence-electron chi connectivity index (χ0n) is 9.63. The van der Waals surface area contributed by atoms with Crippen molar-refractivity contribution in [2.45, 2.75) is 52.0 Å². The molecule has 0 bridgehead atoms. The molecule has 0 amide bonds. The molecule has 1 fully saturated rings. The van der Waals surface area contributed by atoms with E-state index in [9.17, 15) is 0 Å². The zero-order chi connectivity index (χ0) is 10.4. The van der Waals surface area contributed by atoms with Crippen LogP contribution in [0.25, 0.3) is 0 Å². The molecule has 1 saturated heterocycles. The van der Waals surface area contributed by atoms with Gasteiger partial charge >= 0.3 is 0 Å². The van der Waals surface area contributed by atoms with Gasteiger partial charge in [-0.25, -0.2) is 0 Å². The van der Waals surface area contributed by atoms with Gasteiger partial charge in [0.2, 0.25) is 0 Å². The van der Waals surface area contributed by atoms with Crippen LogP contribution in [0.3, 0.4) is 0 Å². The molecule has 0 saturated carbocycles. The molecular formula is C12H25NO. The monoisotopic (exact) mass is 199 g/mol. The lowest BCUT2D eigenvalue weighted by atomic mass is 9.81. The first-order chi connectivity index (χ1) is 6.75. The Kier molecular flexibility index (Phi) is 5.49. The van der Waals surface area contributed by atoms with Gasteiger partial charge in [-0.05, 0) is 44.1 Å². The number of aliphatic hydroxyl groups excluding tert-OH is 1. The highest BCUT2D eigenvalue weighted by atomic mass is 16.2. The van der Waals surface area contributed by atoms with E-state index in [1.807, 2.05) is 0 Å². The van der Waals surface area contributed by atoms with Crippen LogP contribution >= 0.6 is 0 Å². The highest BCUT2D eigenvalue weighted by Gasteiger charge is 2.24. The Hall–Kier alpha value is -0.0800. The molecule has 1 aliphatic heterocycles. The molecule has 2 unspecified atom stereocenters. The topological polar surface area (TPSA) is 32.3 Å². The van der Waals surface area contributed by atoms with E-state index in [0.717, 1.165) is 18.3 Å². The van der Waals surface area contributed by atoms with Crippen LogP contribution in [0.4, 0.5) is 0 Å². The van der Waals surface area contributed by atoms with Crippen LogP contribution in [0.15, 0.2) is 0 Å². The van der Waals surface area contributed by atoms with Crippen LogP contribution in [0, 0.1) is 11.8 Å². The standard InChI is InChI=1S/C12H25NO/c1-10(2)11(6-5-9-14)12-7-3-4-8-13-12/h10-14H,3-9H2,1-2H3. The summed E-state index contributed by atoms with van der Waals surface area (Å²) < 4.78 is 0. The Labute approximate surface area is 88.1 Å². The van der Waals surface area contributed by atoms with Crippen LogP contribution in [0.5, 0.6) is 0 Å². The van der Waals surface area contributed by atoms with Gasteiger partial charge in [-0.15, -0.1) is 0 Å². The minimum atomic E-state index is 0.343. The van der Waals surface area contributed by atoms with Crippen molar-refractivity contribution in [1.82, 2.24) is 5.32 Å². The quantitative estimate of drug-likeness (QED) is 0.711.